The first kappa shape index (κ1) is 30.7. The molecule has 0 aromatic rings. The molecule has 30 heavy (non-hydrogen) atoms. The minimum Gasteiger partial charge on any atom is -0.345 e. The van der Waals surface area contributed by atoms with Gasteiger partial charge >= 0.3 is 0 Å². The molecule has 0 saturated carbocycles. The van der Waals surface area contributed by atoms with Crippen LogP contribution in [-0.4, -0.2) is 78.6 Å². The van der Waals surface area contributed by atoms with E-state index in [0.29, 0.717) is 23.4 Å². The molecule has 0 spiro atoms. The highest BCUT2D eigenvalue weighted by molar-refractivity contribution is 5.55. The van der Waals surface area contributed by atoms with Crippen LogP contribution in [0.4, 0.5) is 0 Å². The third-order valence-corrected chi connectivity index (χ3v) is 5.19. The summed E-state index contributed by atoms with van der Waals surface area (Å²) in [5, 5.41) is 11.7. The zero-order valence-corrected chi connectivity index (χ0v) is 20.0. The van der Waals surface area contributed by atoms with E-state index in [2.05, 4.69) is 45.1 Å². The first-order valence-electron chi connectivity index (χ1n) is 11.3. The molecule has 8 heteroatoms. The fraction of sp³-hybridized carbons (Fsp3) is 0.864. The van der Waals surface area contributed by atoms with E-state index in [1.807, 2.05) is 7.05 Å². The second-order valence-corrected chi connectivity index (χ2v) is 7.87. The van der Waals surface area contributed by atoms with E-state index in [9.17, 15) is 14.4 Å². The Morgan fingerprint density at radius 3 is 1.97 bits per heavy atom. The SMILES string of the molecule is CCCC(CC)CC(C=O)CN(O)C=O.CCN(NC)C(C)C.O=CN1CCCC1. The number of nitrogens with zero attached hydrogens (tertiary/aromatic N) is 3. The summed E-state index contributed by atoms with van der Waals surface area (Å²) in [5.74, 6) is 0.252. The van der Waals surface area contributed by atoms with Crippen LogP contribution in [0.1, 0.15) is 73.1 Å². The zero-order valence-electron chi connectivity index (χ0n) is 20.0. The van der Waals surface area contributed by atoms with Crippen molar-refractivity contribution in [1.82, 2.24) is 20.4 Å². The number of likely N-dealkylation sites (tertiary alicyclic amines) is 1. The first-order valence-corrected chi connectivity index (χ1v) is 11.3. The molecule has 2 atom stereocenters. The number of nitrogens with one attached hydrogen (secondary N) is 1. The summed E-state index contributed by atoms with van der Waals surface area (Å²) in [6.45, 7) is 13.8. The van der Waals surface area contributed by atoms with Gasteiger partial charge in [0.2, 0.25) is 12.8 Å². The summed E-state index contributed by atoms with van der Waals surface area (Å²) < 4.78 is 0. The predicted molar refractivity (Wildman–Crippen MR) is 121 cm³/mol. The third kappa shape index (κ3) is 16.3. The summed E-state index contributed by atoms with van der Waals surface area (Å²) in [4.78, 5) is 32.7. The number of carbonyl (C=O) groups excluding carboxylic acids is 3. The summed E-state index contributed by atoms with van der Waals surface area (Å²) in [6.07, 6.45) is 8.43. The Kier molecular flexibility index (Phi) is 21.2. The van der Waals surface area contributed by atoms with Crippen molar-refractivity contribution in [3.63, 3.8) is 0 Å². The van der Waals surface area contributed by atoms with Gasteiger partial charge in [0.05, 0.1) is 6.54 Å². The van der Waals surface area contributed by atoms with Gasteiger partial charge in [0.1, 0.15) is 6.29 Å². The van der Waals surface area contributed by atoms with Gasteiger partial charge in [-0.25, -0.2) is 10.1 Å². The van der Waals surface area contributed by atoms with Gasteiger partial charge in [-0.15, -0.1) is 0 Å². The van der Waals surface area contributed by atoms with Gasteiger partial charge in [-0.05, 0) is 46.1 Å². The van der Waals surface area contributed by atoms with Crippen molar-refractivity contribution < 1.29 is 19.6 Å². The highest BCUT2D eigenvalue weighted by Gasteiger charge is 2.16. The number of hydroxylamine groups is 2. The summed E-state index contributed by atoms with van der Waals surface area (Å²) in [6, 6.07) is 0.602. The van der Waals surface area contributed by atoms with Gasteiger partial charge < -0.3 is 9.69 Å². The molecule has 0 aromatic heterocycles. The fourth-order valence-corrected chi connectivity index (χ4v) is 3.41. The van der Waals surface area contributed by atoms with Crippen LogP contribution in [-0.2, 0) is 14.4 Å². The average molecular weight is 431 g/mol. The van der Waals surface area contributed by atoms with E-state index in [-0.39, 0.29) is 12.5 Å². The lowest BCUT2D eigenvalue weighted by Crippen LogP contribution is -2.40. The zero-order chi connectivity index (χ0) is 23.4. The van der Waals surface area contributed by atoms with Crippen molar-refractivity contribution >= 4 is 19.1 Å². The summed E-state index contributed by atoms with van der Waals surface area (Å²) in [5.41, 5.74) is 3.08. The van der Waals surface area contributed by atoms with Crippen molar-refractivity contribution in [3.05, 3.63) is 0 Å². The molecule has 2 unspecified atom stereocenters. The number of rotatable bonds is 13. The van der Waals surface area contributed by atoms with Gasteiger partial charge in [-0.3, -0.25) is 20.2 Å². The van der Waals surface area contributed by atoms with Crippen LogP contribution >= 0.6 is 0 Å². The normalized spacial score (nSPS) is 14.9. The molecule has 0 aromatic carbocycles. The van der Waals surface area contributed by atoms with E-state index in [0.717, 1.165) is 58.0 Å². The monoisotopic (exact) mass is 430 g/mol. The van der Waals surface area contributed by atoms with Gasteiger partial charge in [0.15, 0.2) is 0 Å². The number of carbonyl (C=O) groups is 3. The molecule has 1 heterocycles. The van der Waals surface area contributed by atoms with Crippen molar-refractivity contribution in [2.45, 2.75) is 79.2 Å². The van der Waals surface area contributed by atoms with Crippen molar-refractivity contribution in [2.75, 3.05) is 33.2 Å². The Bertz CT molecular complexity index is 414. The molecule has 1 aliphatic heterocycles. The second kappa shape index (κ2) is 20.8. The van der Waals surface area contributed by atoms with Crippen molar-refractivity contribution in [3.8, 4) is 0 Å². The number of aldehydes is 1. The van der Waals surface area contributed by atoms with E-state index in [1.54, 1.807) is 4.90 Å². The van der Waals surface area contributed by atoms with Crippen LogP contribution in [0.3, 0.4) is 0 Å². The molecule has 8 nitrogen and oxygen atoms in total. The Balaban J connectivity index is 0. The second-order valence-electron chi connectivity index (χ2n) is 7.87. The lowest BCUT2D eigenvalue weighted by Gasteiger charge is -2.22. The molecule has 0 bridgehead atoms. The Hall–Kier alpha value is -1.51. The number of hydrazine groups is 1. The maximum atomic E-state index is 10.8. The smallest absolute Gasteiger partial charge is 0.233 e. The molecule has 1 rings (SSSR count). The van der Waals surface area contributed by atoms with Crippen LogP contribution in [0.5, 0.6) is 0 Å². The Morgan fingerprint density at radius 2 is 1.70 bits per heavy atom. The summed E-state index contributed by atoms with van der Waals surface area (Å²) in [7, 11) is 1.95. The molecule has 2 N–H and O–H groups in total. The highest BCUT2D eigenvalue weighted by atomic mass is 16.5. The lowest BCUT2D eigenvalue weighted by molar-refractivity contribution is -0.153. The lowest BCUT2D eigenvalue weighted by atomic mass is 9.90. The van der Waals surface area contributed by atoms with Crippen LogP contribution in [0.2, 0.25) is 0 Å². The van der Waals surface area contributed by atoms with Gasteiger partial charge in [-0.2, -0.15) is 0 Å². The molecule has 0 aliphatic carbocycles. The molecule has 2 amide bonds. The van der Waals surface area contributed by atoms with E-state index in [4.69, 9.17) is 5.21 Å². The predicted octanol–water partition coefficient (Wildman–Crippen LogP) is 2.96. The van der Waals surface area contributed by atoms with Crippen LogP contribution in [0, 0.1) is 11.8 Å². The maximum Gasteiger partial charge on any atom is 0.233 e. The average Bonchev–Trinajstić information content (AvgIpc) is 3.28. The van der Waals surface area contributed by atoms with Crippen molar-refractivity contribution in [2.24, 2.45) is 11.8 Å². The first-order chi connectivity index (χ1) is 14.3. The topological polar surface area (TPSA) is 93.2 Å². The third-order valence-electron chi connectivity index (χ3n) is 5.19. The molecule has 1 aliphatic rings. The molecule has 1 saturated heterocycles. The van der Waals surface area contributed by atoms with Crippen LogP contribution < -0.4 is 5.43 Å². The van der Waals surface area contributed by atoms with Gasteiger partial charge in [0, 0.05) is 31.6 Å². The van der Waals surface area contributed by atoms with E-state index < -0.39 is 0 Å². The minimum absolute atomic E-state index is 0.104. The van der Waals surface area contributed by atoms with E-state index in [1.165, 1.54) is 12.8 Å². The molecule has 178 valence electrons. The molecular weight excluding hydrogens is 384 g/mol. The van der Waals surface area contributed by atoms with Crippen LogP contribution in [0.25, 0.3) is 0 Å². The fourth-order valence-electron chi connectivity index (χ4n) is 3.41. The standard InChI is InChI=1S/C11H21NO3.C6H16N2.C5H9NO/c1-3-5-10(4-2)6-11(8-13)7-12(15)9-14;1-5-8(7-4)6(2)3;7-5-6-3-1-2-4-6/h8-11,15H,3-7H2,1-2H3;6-7H,5H2,1-4H3;5H,1-4H2. The molecule has 1 fully saturated rings. The molecular formula is C22H46N4O4. The molecule has 0 radical (unpaired) electrons. The number of hydrogen-bond acceptors (Lipinski definition) is 6. The van der Waals surface area contributed by atoms with Gasteiger partial charge in [0.25, 0.3) is 0 Å². The Labute approximate surface area is 183 Å². The number of amides is 2. The number of hydrogen-bond donors (Lipinski definition) is 2. The quantitative estimate of drug-likeness (QED) is 0.265. The van der Waals surface area contributed by atoms with Crippen molar-refractivity contribution in [1.29, 1.82) is 0 Å². The highest BCUT2D eigenvalue weighted by Crippen LogP contribution is 2.20. The minimum atomic E-state index is -0.253. The maximum absolute atomic E-state index is 10.8. The van der Waals surface area contributed by atoms with Gasteiger partial charge in [-0.1, -0.05) is 40.0 Å². The van der Waals surface area contributed by atoms with Crippen LogP contribution in [0.15, 0.2) is 0 Å². The Morgan fingerprint density at radius 1 is 1.10 bits per heavy atom. The largest absolute Gasteiger partial charge is 0.345 e. The van der Waals surface area contributed by atoms with E-state index >= 15 is 0 Å². The summed E-state index contributed by atoms with van der Waals surface area (Å²) >= 11 is 0.